The zero-order valence-electron chi connectivity index (χ0n) is 18.7. The SMILES string of the molecule is CCc1noc(-c2ccc(CCNC(=NC)NCCN(C(C)C)C(C)C)cc2)n1. The van der Waals surface area contributed by atoms with Crippen molar-refractivity contribution in [1.29, 1.82) is 0 Å². The van der Waals surface area contributed by atoms with Crippen molar-refractivity contribution in [3.05, 3.63) is 35.7 Å². The van der Waals surface area contributed by atoms with Gasteiger partial charge in [0.25, 0.3) is 5.89 Å². The van der Waals surface area contributed by atoms with Crippen LogP contribution in [0.3, 0.4) is 0 Å². The summed E-state index contributed by atoms with van der Waals surface area (Å²) < 4.78 is 5.29. The lowest BCUT2D eigenvalue weighted by Gasteiger charge is -2.30. The predicted octanol–water partition coefficient (Wildman–Crippen LogP) is 3.13. The van der Waals surface area contributed by atoms with Gasteiger partial charge in [-0.25, -0.2) is 0 Å². The van der Waals surface area contributed by atoms with E-state index in [1.807, 2.05) is 26.1 Å². The second kappa shape index (κ2) is 11.6. The molecule has 7 heteroatoms. The molecule has 1 aromatic carbocycles. The average Bonchev–Trinajstić information content (AvgIpc) is 3.19. The van der Waals surface area contributed by atoms with Crippen LogP contribution in [0.25, 0.3) is 11.5 Å². The first-order valence-corrected chi connectivity index (χ1v) is 10.6. The number of benzene rings is 1. The van der Waals surface area contributed by atoms with Crippen molar-refractivity contribution in [3.63, 3.8) is 0 Å². The third kappa shape index (κ3) is 7.16. The topological polar surface area (TPSA) is 78.6 Å². The van der Waals surface area contributed by atoms with E-state index in [1.54, 1.807) is 0 Å². The Kier molecular flexibility index (Phi) is 9.12. The second-order valence-electron chi connectivity index (χ2n) is 7.67. The Morgan fingerprint density at radius 3 is 2.28 bits per heavy atom. The van der Waals surface area contributed by atoms with Gasteiger partial charge in [-0.15, -0.1) is 0 Å². The minimum Gasteiger partial charge on any atom is -0.356 e. The summed E-state index contributed by atoms with van der Waals surface area (Å²) in [5.74, 6) is 2.15. The summed E-state index contributed by atoms with van der Waals surface area (Å²) in [6, 6.07) is 9.34. The third-order valence-electron chi connectivity index (χ3n) is 4.90. The summed E-state index contributed by atoms with van der Waals surface area (Å²) in [6.07, 6.45) is 1.69. The first kappa shape index (κ1) is 22.9. The number of guanidine groups is 1. The van der Waals surface area contributed by atoms with Crippen LogP contribution in [0.5, 0.6) is 0 Å². The molecule has 2 N–H and O–H groups in total. The van der Waals surface area contributed by atoms with Crippen LogP contribution in [-0.2, 0) is 12.8 Å². The Morgan fingerprint density at radius 1 is 1.07 bits per heavy atom. The largest absolute Gasteiger partial charge is 0.356 e. The number of aryl methyl sites for hydroxylation is 1. The van der Waals surface area contributed by atoms with Crippen molar-refractivity contribution < 1.29 is 4.52 Å². The molecule has 0 aliphatic heterocycles. The molecule has 0 atom stereocenters. The molecular formula is C22H36N6O. The van der Waals surface area contributed by atoms with Gasteiger partial charge in [-0.2, -0.15) is 4.98 Å². The molecule has 0 aliphatic carbocycles. The van der Waals surface area contributed by atoms with Crippen molar-refractivity contribution in [1.82, 2.24) is 25.7 Å². The van der Waals surface area contributed by atoms with Crippen LogP contribution in [0.1, 0.15) is 46.0 Å². The van der Waals surface area contributed by atoms with Crippen molar-refractivity contribution in [2.45, 2.75) is 59.5 Å². The Bertz CT molecular complexity index is 743. The van der Waals surface area contributed by atoms with E-state index in [1.165, 1.54) is 5.56 Å². The van der Waals surface area contributed by atoms with Crippen molar-refractivity contribution in [3.8, 4) is 11.5 Å². The van der Waals surface area contributed by atoms with Crippen LogP contribution < -0.4 is 10.6 Å². The fourth-order valence-electron chi connectivity index (χ4n) is 3.29. The van der Waals surface area contributed by atoms with Crippen LogP contribution >= 0.6 is 0 Å². The molecule has 1 aromatic heterocycles. The Balaban J connectivity index is 1.76. The third-order valence-corrected chi connectivity index (χ3v) is 4.90. The highest BCUT2D eigenvalue weighted by molar-refractivity contribution is 5.79. The van der Waals surface area contributed by atoms with Gasteiger partial charge in [-0.3, -0.25) is 9.89 Å². The fraction of sp³-hybridized carbons (Fsp3) is 0.591. The molecule has 7 nitrogen and oxygen atoms in total. The monoisotopic (exact) mass is 400 g/mol. The first-order valence-electron chi connectivity index (χ1n) is 10.6. The van der Waals surface area contributed by atoms with Gasteiger partial charge in [0, 0.05) is 50.7 Å². The highest BCUT2D eigenvalue weighted by Crippen LogP contribution is 2.18. The zero-order chi connectivity index (χ0) is 21.2. The molecule has 0 bridgehead atoms. The van der Waals surface area contributed by atoms with Gasteiger partial charge in [0.1, 0.15) is 0 Å². The quantitative estimate of drug-likeness (QED) is 0.471. The lowest BCUT2D eigenvalue weighted by atomic mass is 10.1. The highest BCUT2D eigenvalue weighted by Gasteiger charge is 2.12. The summed E-state index contributed by atoms with van der Waals surface area (Å²) in [6.45, 7) is 13.6. The van der Waals surface area contributed by atoms with Crippen molar-refractivity contribution >= 4 is 5.96 Å². The average molecular weight is 401 g/mol. The van der Waals surface area contributed by atoms with E-state index in [9.17, 15) is 0 Å². The second-order valence-corrected chi connectivity index (χ2v) is 7.67. The minimum atomic E-state index is 0.537. The van der Waals surface area contributed by atoms with E-state index in [-0.39, 0.29) is 0 Å². The molecule has 0 amide bonds. The molecule has 0 fully saturated rings. The maximum atomic E-state index is 5.29. The van der Waals surface area contributed by atoms with Gasteiger partial charge in [0.15, 0.2) is 11.8 Å². The number of hydrogen-bond donors (Lipinski definition) is 2. The standard InChI is InChI=1S/C22H36N6O/c1-7-20-26-21(29-27-20)19-10-8-18(9-11-19)12-13-24-22(23-6)25-14-15-28(16(2)3)17(4)5/h8-11,16-17H,7,12-15H2,1-6H3,(H2,23,24,25). The van der Waals surface area contributed by atoms with Gasteiger partial charge < -0.3 is 15.2 Å². The predicted molar refractivity (Wildman–Crippen MR) is 119 cm³/mol. The summed E-state index contributed by atoms with van der Waals surface area (Å²) >= 11 is 0. The molecule has 160 valence electrons. The maximum absolute atomic E-state index is 5.29. The lowest BCUT2D eigenvalue weighted by Crippen LogP contribution is -2.45. The van der Waals surface area contributed by atoms with Crippen molar-refractivity contribution in [2.75, 3.05) is 26.7 Å². The first-order chi connectivity index (χ1) is 13.9. The summed E-state index contributed by atoms with van der Waals surface area (Å²) in [4.78, 5) is 11.2. The lowest BCUT2D eigenvalue weighted by molar-refractivity contribution is 0.178. The molecule has 2 rings (SSSR count). The van der Waals surface area contributed by atoms with E-state index in [4.69, 9.17) is 4.52 Å². The van der Waals surface area contributed by atoms with Gasteiger partial charge in [-0.05, 0) is 51.8 Å². The minimum absolute atomic E-state index is 0.537. The van der Waals surface area contributed by atoms with Gasteiger partial charge in [0.2, 0.25) is 0 Å². The summed E-state index contributed by atoms with van der Waals surface area (Å²) in [5.41, 5.74) is 2.20. The molecule has 0 aliphatic rings. The molecule has 0 saturated carbocycles. The van der Waals surface area contributed by atoms with Crippen LogP contribution in [0.2, 0.25) is 0 Å². The van der Waals surface area contributed by atoms with E-state index >= 15 is 0 Å². The Hall–Kier alpha value is -2.41. The van der Waals surface area contributed by atoms with Crippen LogP contribution in [0.15, 0.2) is 33.8 Å². The molecule has 29 heavy (non-hydrogen) atoms. The smallest absolute Gasteiger partial charge is 0.257 e. The molecule has 0 saturated heterocycles. The number of aromatic nitrogens is 2. The Labute approximate surface area is 175 Å². The van der Waals surface area contributed by atoms with Gasteiger partial charge in [0.05, 0.1) is 0 Å². The molecular weight excluding hydrogens is 364 g/mol. The molecule has 0 unspecified atom stereocenters. The van der Waals surface area contributed by atoms with Crippen LogP contribution in [-0.4, -0.2) is 59.8 Å². The van der Waals surface area contributed by atoms with Gasteiger partial charge in [-0.1, -0.05) is 24.2 Å². The number of aliphatic imine (C=N–C) groups is 1. The van der Waals surface area contributed by atoms with E-state index < -0.39 is 0 Å². The van der Waals surface area contributed by atoms with Gasteiger partial charge >= 0.3 is 0 Å². The normalized spacial score (nSPS) is 12.2. The summed E-state index contributed by atoms with van der Waals surface area (Å²) in [7, 11) is 1.81. The zero-order valence-corrected chi connectivity index (χ0v) is 18.7. The number of rotatable bonds is 10. The molecule has 0 radical (unpaired) electrons. The highest BCUT2D eigenvalue weighted by atomic mass is 16.5. The number of nitrogens with zero attached hydrogens (tertiary/aromatic N) is 4. The molecule has 2 aromatic rings. The van der Waals surface area contributed by atoms with Crippen LogP contribution in [0.4, 0.5) is 0 Å². The van der Waals surface area contributed by atoms with E-state index in [0.29, 0.717) is 18.0 Å². The van der Waals surface area contributed by atoms with E-state index in [2.05, 4.69) is 70.5 Å². The van der Waals surface area contributed by atoms with E-state index in [0.717, 1.165) is 49.8 Å². The van der Waals surface area contributed by atoms with Crippen molar-refractivity contribution in [2.24, 2.45) is 4.99 Å². The fourth-order valence-corrected chi connectivity index (χ4v) is 3.29. The Morgan fingerprint density at radius 2 is 1.72 bits per heavy atom. The molecule has 0 spiro atoms. The summed E-state index contributed by atoms with van der Waals surface area (Å²) in [5, 5.41) is 10.7. The number of hydrogen-bond acceptors (Lipinski definition) is 5. The molecule has 1 heterocycles. The number of nitrogens with one attached hydrogen (secondary N) is 2. The maximum Gasteiger partial charge on any atom is 0.257 e. The van der Waals surface area contributed by atoms with Crippen LogP contribution in [0, 0.1) is 0 Å².